The summed E-state index contributed by atoms with van der Waals surface area (Å²) in [4.78, 5) is 23.4. The number of aromatic nitrogens is 4. The summed E-state index contributed by atoms with van der Waals surface area (Å²) in [6, 6.07) is 3.12. The Morgan fingerprint density at radius 1 is 1.43 bits per heavy atom. The standard InChI is InChI=1S/C15H14BrFN6O5/c1-26-14(24)10(18)4-5-19-12-11(20-28-21-12)13-22-27-15(25)23(13)7-2-3-9(17)8(16)6-7/h2-3,6,10H,4-5,18H2,1H3,(H,19,21)/t10-/m1/s1. The number of rotatable bonds is 7. The van der Waals surface area contributed by atoms with E-state index in [4.69, 9.17) is 14.9 Å². The number of ether oxygens (including phenoxy) is 1. The van der Waals surface area contributed by atoms with E-state index in [0.29, 0.717) is 0 Å². The van der Waals surface area contributed by atoms with E-state index in [1.54, 1.807) is 0 Å². The van der Waals surface area contributed by atoms with Gasteiger partial charge in [0.05, 0.1) is 17.3 Å². The van der Waals surface area contributed by atoms with E-state index in [2.05, 4.69) is 41.5 Å². The Hall–Kier alpha value is -3.06. The summed E-state index contributed by atoms with van der Waals surface area (Å²) in [6.45, 7) is 0.238. The van der Waals surface area contributed by atoms with E-state index in [0.717, 1.165) is 4.57 Å². The van der Waals surface area contributed by atoms with Crippen LogP contribution in [0.4, 0.5) is 10.2 Å². The number of methoxy groups -OCH3 is 1. The van der Waals surface area contributed by atoms with Gasteiger partial charge in [-0.2, -0.15) is 0 Å². The van der Waals surface area contributed by atoms with Crippen molar-refractivity contribution in [2.45, 2.75) is 12.5 Å². The van der Waals surface area contributed by atoms with Crippen molar-refractivity contribution in [3.63, 3.8) is 0 Å². The Balaban J connectivity index is 1.86. The van der Waals surface area contributed by atoms with Gasteiger partial charge < -0.3 is 15.8 Å². The second-order valence-corrected chi connectivity index (χ2v) is 6.37. The van der Waals surface area contributed by atoms with E-state index in [1.165, 1.54) is 25.3 Å². The zero-order chi connectivity index (χ0) is 20.3. The molecule has 0 unspecified atom stereocenters. The largest absolute Gasteiger partial charge is 0.468 e. The minimum Gasteiger partial charge on any atom is -0.468 e. The van der Waals surface area contributed by atoms with Crippen LogP contribution >= 0.6 is 15.9 Å². The van der Waals surface area contributed by atoms with E-state index >= 15 is 0 Å². The molecule has 3 rings (SSSR count). The lowest BCUT2D eigenvalue weighted by atomic mass is 10.2. The Morgan fingerprint density at radius 2 is 2.21 bits per heavy atom. The van der Waals surface area contributed by atoms with Crippen molar-refractivity contribution in [2.24, 2.45) is 5.73 Å². The summed E-state index contributed by atoms with van der Waals surface area (Å²) < 4.78 is 28.7. The molecule has 2 aromatic heterocycles. The van der Waals surface area contributed by atoms with Gasteiger partial charge in [-0.3, -0.25) is 9.32 Å². The van der Waals surface area contributed by atoms with Gasteiger partial charge in [0.2, 0.25) is 11.6 Å². The summed E-state index contributed by atoms with van der Waals surface area (Å²) in [5.74, 6) is -1.71. The third-order valence-corrected chi connectivity index (χ3v) is 4.33. The summed E-state index contributed by atoms with van der Waals surface area (Å²) >= 11 is 3.06. The van der Waals surface area contributed by atoms with Crippen molar-refractivity contribution < 1.29 is 23.1 Å². The number of nitrogens with zero attached hydrogens (tertiary/aromatic N) is 4. The molecule has 13 heteroatoms. The second-order valence-electron chi connectivity index (χ2n) is 5.51. The highest BCUT2D eigenvalue weighted by atomic mass is 79.9. The molecular weight excluding hydrogens is 443 g/mol. The number of esters is 1. The van der Waals surface area contributed by atoms with Crippen molar-refractivity contribution >= 4 is 27.7 Å². The summed E-state index contributed by atoms with van der Waals surface area (Å²) in [6.07, 6.45) is 0.246. The van der Waals surface area contributed by atoms with Crippen molar-refractivity contribution in [1.29, 1.82) is 0 Å². The number of hydrogen-bond acceptors (Lipinski definition) is 10. The van der Waals surface area contributed by atoms with E-state index in [-0.39, 0.29) is 40.5 Å². The molecule has 0 saturated carbocycles. The van der Waals surface area contributed by atoms with Gasteiger partial charge in [0, 0.05) is 6.54 Å². The topological polar surface area (TPSA) is 151 Å². The summed E-state index contributed by atoms with van der Waals surface area (Å²) in [5, 5.41) is 14.0. The van der Waals surface area contributed by atoms with E-state index < -0.39 is 23.6 Å². The molecule has 11 nitrogen and oxygen atoms in total. The third kappa shape index (κ3) is 3.94. The zero-order valence-corrected chi connectivity index (χ0v) is 16.0. The number of carbonyl (C=O) groups is 1. The van der Waals surface area contributed by atoms with Gasteiger partial charge >= 0.3 is 11.7 Å². The predicted molar refractivity (Wildman–Crippen MR) is 96.1 cm³/mol. The average molecular weight is 457 g/mol. The lowest BCUT2D eigenvalue weighted by molar-refractivity contribution is -0.142. The smallest absolute Gasteiger partial charge is 0.446 e. The Bertz CT molecular complexity index is 1050. The summed E-state index contributed by atoms with van der Waals surface area (Å²) in [5.41, 5.74) is 6.03. The SMILES string of the molecule is COC(=O)[C@H](N)CCNc1nonc1-c1noc(=O)n1-c1ccc(F)c(Br)c1. The van der Waals surface area contributed by atoms with Gasteiger partial charge in [-0.25, -0.2) is 18.4 Å². The maximum absolute atomic E-state index is 13.5. The van der Waals surface area contributed by atoms with E-state index in [9.17, 15) is 14.0 Å². The second kappa shape index (κ2) is 8.31. The van der Waals surface area contributed by atoms with Gasteiger partial charge in [-0.05, 0) is 50.9 Å². The molecule has 0 aliphatic heterocycles. The van der Waals surface area contributed by atoms with Gasteiger partial charge in [-0.15, -0.1) is 0 Å². The molecular formula is C15H14BrFN6O5. The van der Waals surface area contributed by atoms with Crippen molar-refractivity contribution in [3.05, 3.63) is 39.0 Å². The minimum absolute atomic E-state index is 0.00970. The highest BCUT2D eigenvalue weighted by molar-refractivity contribution is 9.10. The molecule has 0 saturated heterocycles. The van der Waals surface area contributed by atoms with Gasteiger partial charge in [0.25, 0.3) is 0 Å². The van der Waals surface area contributed by atoms with Crippen LogP contribution in [0.1, 0.15) is 6.42 Å². The zero-order valence-electron chi connectivity index (χ0n) is 14.4. The molecule has 1 atom stereocenters. The fourth-order valence-corrected chi connectivity index (χ4v) is 2.68. The first-order chi connectivity index (χ1) is 13.4. The van der Waals surface area contributed by atoms with Gasteiger partial charge in [0.1, 0.15) is 11.9 Å². The highest BCUT2D eigenvalue weighted by Crippen LogP contribution is 2.26. The first-order valence-corrected chi connectivity index (χ1v) is 8.66. The average Bonchev–Trinajstić information content (AvgIpc) is 3.29. The number of anilines is 1. The highest BCUT2D eigenvalue weighted by Gasteiger charge is 2.23. The van der Waals surface area contributed by atoms with Gasteiger partial charge in [-0.1, -0.05) is 5.16 Å². The first-order valence-electron chi connectivity index (χ1n) is 7.86. The van der Waals surface area contributed by atoms with Crippen LogP contribution in [0.15, 0.2) is 36.6 Å². The molecule has 0 radical (unpaired) electrons. The Morgan fingerprint density at radius 3 is 2.93 bits per heavy atom. The number of nitrogens with one attached hydrogen (secondary N) is 1. The van der Waals surface area contributed by atoms with E-state index in [1.807, 2.05) is 0 Å². The molecule has 1 aromatic carbocycles. The number of carbonyl (C=O) groups excluding carboxylic acids is 1. The molecule has 28 heavy (non-hydrogen) atoms. The lowest BCUT2D eigenvalue weighted by Crippen LogP contribution is -2.33. The van der Waals surface area contributed by atoms with Crippen LogP contribution in [0.5, 0.6) is 0 Å². The number of halogens is 2. The van der Waals surface area contributed by atoms with Crippen LogP contribution in [0.25, 0.3) is 17.2 Å². The monoisotopic (exact) mass is 456 g/mol. The molecule has 3 aromatic rings. The fraction of sp³-hybridized carbons (Fsp3) is 0.267. The Kier molecular flexibility index (Phi) is 5.84. The normalized spacial score (nSPS) is 12.0. The number of benzene rings is 1. The maximum atomic E-state index is 13.5. The van der Waals surface area contributed by atoms with Crippen molar-refractivity contribution in [1.82, 2.24) is 20.0 Å². The van der Waals surface area contributed by atoms with Crippen LogP contribution in [0, 0.1) is 5.82 Å². The fourth-order valence-electron chi connectivity index (χ4n) is 2.32. The minimum atomic E-state index is -0.817. The molecule has 0 amide bonds. The Labute approximate surface area is 164 Å². The molecule has 0 aliphatic rings. The van der Waals surface area contributed by atoms with Crippen LogP contribution < -0.4 is 16.8 Å². The maximum Gasteiger partial charge on any atom is 0.446 e. The molecule has 148 valence electrons. The first kappa shape index (κ1) is 19.7. The molecule has 2 heterocycles. The molecule has 0 bridgehead atoms. The summed E-state index contributed by atoms with van der Waals surface area (Å²) in [7, 11) is 1.24. The van der Waals surface area contributed by atoms with Crippen LogP contribution in [0.2, 0.25) is 0 Å². The number of hydrogen-bond donors (Lipinski definition) is 2. The molecule has 0 fully saturated rings. The molecule has 3 N–H and O–H groups in total. The van der Waals surface area contributed by atoms with Crippen molar-refractivity contribution in [3.8, 4) is 17.2 Å². The van der Waals surface area contributed by atoms with Crippen LogP contribution in [0.3, 0.4) is 0 Å². The van der Waals surface area contributed by atoms with Crippen molar-refractivity contribution in [2.75, 3.05) is 19.0 Å². The van der Waals surface area contributed by atoms with Gasteiger partial charge in [0.15, 0.2) is 5.69 Å². The number of nitrogens with two attached hydrogens (primary N) is 1. The molecule has 0 spiro atoms. The quantitative estimate of drug-likeness (QED) is 0.493. The molecule has 0 aliphatic carbocycles. The predicted octanol–water partition coefficient (Wildman–Crippen LogP) is 1.08. The third-order valence-electron chi connectivity index (χ3n) is 3.72. The van der Waals surface area contributed by atoms with Crippen LogP contribution in [-0.2, 0) is 9.53 Å². The lowest BCUT2D eigenvalue weighted by Gasteiger charge is -2.09. The van der Waals surface area contributed by atoms with Crippen LogP contribution in [-0.4, -0.2) is 45.7 Å².